The average molecular weight is 460 g/mol. The van der Waals surface area contributed by atoms with E-state index in [0.717, 1.165) is 5.56 Å². The number of phenols is 1. The van der Waals surface area contributed by atoms with Crippen LogP contribution in [0.3, 0.4) is 0 Å². The fraction of sp³-hybridized carbons (Fsp3) is 0.522. The zero-order valence-corrected chi connectivity index (χ0v) is 18.6. The Morgan fingerprint density at radius 1 is 1.27 bits per heavy atom. The van der Waals surface area contributed by atoms with Gasteiger partial charge in [-0.3, -0.25) is 14.4 Å². The number of methoxy groups -OCH3 is 1. The van der Waals surface area contributed by atoms with Crippen LogP contribution in [0.5, 0.6) is 5.75 Å². The van der Waals surface area contributed by atoms with Gasteiger partial charge in [0.1, 0.15) is 17.4 Å². The number of fused-ring (bicyclic) bond motifs is 3. The fourth-order valence-electron chi connectivity index (χ4n) is 5.96. The van der Waals surface area contributed by atoms with Gasteiger partial charge in [0.25, 0.3) is 0 Å². The lowest BCUT2D eigenvalue weighted by molar-refractivity contribution is -0.184. The fourth-order valence-corrected chi connectivity index (χ4v) is 5.96. The Morgan fingerprint density at radius 2 is 1.94 bits per heavy atom. The van der Waals surface area contributed by atoms with Gasteiger partial charge in [-0.25, -0.2) is 0 Å². The van der Waals surface area contributed by atoms with Gasteiger partial charge in [0, 0.05) is 24.6 Å². The van der Waals surface area contributed by atoms with E-state index in [1.807, 2.05) is 0 Å². The normalized spacial score (nSPS) is 33.6. The number of aliphatic hydroxyl groups is 3. The molecule has 0 saturated heterocycles. The summed E-state index contributed by atoms with van der Waals surface area (Å²) >= 11 is 0. The molecule has 0 heterocycles. The van der Waals surface area contributed by atoms with Crippen LogP contribution in [0.25, 0.3) is 5.76 Å². The van der Waals surface area contributed by atoms with Crippen molar-refractivity contribution in [3.8, 4) is 5.75 Å². The highest BCUT2D eigenvalue weighted by molar-refractivity contribution is 6.25. The van der Waals surface area contributed by atoms with Crippen molar-refractivity contribution in [2.24, 2.45) is 23.5 Å². The number of amides is 1. The van der Waals surface area contributed by atoms with Crippen LogP contribution in [0, 0.1) is 17.8 Å². The van der Waals surface area contributed by atoms with Crippen molar-refractivity contribution in [1.82, 2.24) is 4.90 Å². The van der Waals surface area contributed by atoms with Gasteiger partial charge in [0.15, 0.2) is 11.4 Å². The van der Waals surface area contributed by atoms with E-state index < -0.39 is 58.7 Å². The second-order valence-electron chi connectivity index (χ2n) is 9.32. The van der Waals surface area contributed by atoms with Crippen molar-refractivity contribution in [1.29, 1.82) is 0 Å². The molecule has 3 aliphatic rings. The van der Waals surface area contributed by atoms with Crippen LogP contribution in [0.1, 0.15) is 23.1 Å². The topological polar surface area (TPSA) is 171 Å². The van der Waals surface area contributed by atoms with Gasteiger partial charge >= 0.3 is 0 Å². The van der Waals surface area contributed by atoms with Gasteiger partial charge in [-0.15, -0.1) is 0 Å². The van der Waals surface area contributed by atoms with Crippen molar-refractivity contribution in [2.45, 2.75) is 37.2 Å². The number of ketones is 2. The summed E-state index contributed by atoms with van der Waals surface area (Å²) in [6, 6.07) is 2.13. The van der Waals surface area contributed by atoms with Crippen LogP contribution in [0.4, 0.5) is 0 Å². The van der Waals surface area contributed by atoms with E-state index >= 15 is 0 Å². The van der Waals surface area contributed by atoms with Gasteiger partial charge in [-0.2, -0.15) is 0 Å². The number of phenolic OH excluding ortho intramolecular Hbond substituents is 1. The molecule has 2 fully saturated rings. The van der Waals surface area contributed by atoms with Crippen molar-refractivity contribution in [3.05, 3.63) is 34.4 Å². The number of aliphatic hydroxyl groups excluding tert-OH is 2. The highest BCUT2D eigenvalue weighted by atomic mass is 16.5. The van der Waals surface area contributed by atoms with Gasteiger partial charge in [-0.1, -0.05) is 6.07 Å². The quantitative estimate of drug-likeness (QED) is 0.364. The second kappa shape index (κ2) is 7.91. The smallest absolute Gasteiger partial charge is 0.230 e. The summed E-state index contributed by atoms with van der Waals surface area (Å²) < 4.78 is 5.22. The van der Waals surface area contributed by atoms with Gasteiger partial charge in [0.2, 0.25) is 11.7 Å². The van der Waals surface area contributed by atoms with Crippen LogP contribution in [0.2, 0.25) is 0 Å². The zero-order valence-electron chi connectivity index (χ0n) is 18.6. The molecule has 10 heteroatoms. The number of carbonyl (C=O) groups excluding carboxylic acids is 3. The van der Waals surface area contributed by atoms with E-state index in [-0.39, 0.29) is 36.3 Å². The van der Waals surface area contributed by atoms with E-state index in [0.29, 0.717) is 5.56 Å². The number of primary amides is 1. The summed E-state index contributed by atoms with van der Waals surface area (Å²) in [5.41, 5.74) is 3.93. The number of rotatable bonds is 4. The number of hydrogen-bond acceptors (Lipinski definition) is 9. The molecule has 0 aromatic heterocycles. The molecular weight excluding hydrogens is 432 g/mol. The van der Waals surface area contributed by atoms with E-state index in [1.54, 1.807) is 25.1 Å². The minimum absolute atomic E-state index is 0.0603. The lowest BCUT2D eigenvalue weighted by Gasteiger charge is -2.53. The lowest BCUT2D eigenvalue weighted by atomic mass is 9.54. The SMILES string of the molecule is COCc1ccc(O)c2c1C[C@@H]1C[C@@H]3[C@@H](N(C)C)C(O)C(C(N)=O)C(=O)[C@]3(O)C(=O)C1=C2O. The number of nitrogens with zero attached hydrogens (tertiary/aromatic N) is 1. The summed E-state index contributed by atoms with van der Waals surface area (Å²) in [5.74, 6) is -7.50. The number of carbonyl (C=O) groups is 3. The maximum Gasteiger partial charge on any atom is 0.230 e. The van der Waals surface area contributed by atoms with E-state index in [9.17, 15) is 34.8 Å². The standard InChI is InChI=1S/C23H28N2O8/c1-25(2)17-12-7-10-6-11-9(8-33-3)4-5-13(26)15(11)18(27)14(10)20(29)23(12,32)21(30)16(19(17)28)22(24)31/h4-5,10,12,16-17,19,26-28,32H,6-8H2,1-3H3,(H2,24,31)/t10-,12-,16?,17-,19?,23-/m1/s1. The third-order valence-corrected chi connectivity index (χ3v) is 7.37. The number of hydrogen-bond donors (Lipinski definition) is 5. The van der Waals surface area contributed by atoms with Gasteiger partial charge < -0.3 is 35.8 Å². The first-order valence-corrected chi connectivity index (χ1v) is 10.7. The molecule has 6 N–H and O–H groups in total. The molecule has 10 nitrogen and oxygen atoms in total. The summed E-state index contributed by atoms with van der Waals surface area (Å²) in [6.07, 6.45) is -1.17. The molecule has 1 amide bonds. The lowest BCUT2D eigenvalue weighted by Crippen LogP contribution is -2.73. The molecule has 1 aromatic rings. The zero-order chi connectivity index (χ0) is 24.4. The molecule has 0 spiro atoms. The molecule has 1 aromatic carbocycles. The van der Waals surface area contributed by atoms with E-state index in [4.69, 9.17) is 10.5 Å². The Balaban J connectivity index is 1.92. The number of ether oxygens (including phenoxy) is 1. The first-order chi connectivity index (χ1) is 15.5. The number of Topliss-reactive ketones (excluding diaryl/α,β-unsaturated/α-hetero) is 2. The Kier molecular flexibility index (Phi) is 5.60. The van der Waals surface area contributed by atoms with Crippen molar-refractivity contribution < 1.29 is 39.5 Å². The van der Waals surface area contributed by atoms with Crippen molar-refractivity contribution >= 4 is 23.2 Å². The van der Waals surface area contributed by atoms with Crippen LogP contribution in [0.15, 0.2) is 17.7 Å². The molecule has 3 aliphatic carbocycles. The van der Waals surface area contributed by atoms with Crippen molar-refractivity contribution in [3.63, 3.8) is 0 Å². The Morgan fingerprint density at radius 3 is 2.52 bits per heavy atom. The molecule has 2 saturated carbocycles. The highest BCUT2D eigenvalue weighted by Gasteiger charge is 2.67. The number of likely N-dealkylation sites (N-methyl/N-ethyl adjacent to an activating group) is 1. The Bertz CT molecular complexity index is 1080. The maximum absolute atomic E-state index is 13.7. The number of benzene rings is 1. The third kappa shape index (κ3) is 3.12. The number of nitrogens with two attached hydrogens (primary N) is 1. The summed E-state index contributed by atoms with van der Waals surface area (Å²) in [7, 11) is 4.74. The molecule has 0 aliphatic heterocycles. The average Bonchev–Trinajstić information content (AvgIpc) is 2.72. The van der Waals surface area contributed by atoms with Gasteiger partial charge in [-0.05, 0) is 50.0 Å². The highest BCUT2D eigenvalue weighted by Crippen LogP contribution is 2.52. The Hall–Kier alpha value is -2.79. The minimum Gasteiger partial charge on any atom is -0.507 e. The molecule has 4 rings (SSSR count). The molecule has 6 atom stereocenters. The summed E-state index contributed by atoms with van der Waals surface area (Å²) in [4.78, 5) is 40.5. The largest absolute Gasteiger partial charge is 0.507 e. The molecule has 2 unspecified atom stereocenters. The molecule has 33 heavy (non-hydrogen) atoms. The summed E-state index contributed by atoms with van der Waals surface area (Å²) in [6.45, 7) is 0.219. The van der Waals surface area contributed by atoms with Crippen molar-refractivity contribution in [2.75, 3.05) is 21.2 Å². The molecule has 0 radical (unpaired) electrons. The predicted octanol–water partition coefficient (Wildman–Crippen LogP) is -0.725. The molecule has 178 valence electrons. The molecular formula is C23H28N2O8. The maximum atomic E-state index is 13.7. The third-order valence-electron chi connectivity index (χ3n) is 7.37. The van der Waals surface area contributed by atoms with Crippen LogP contribution in [-0.2, 0) is 32.1 Å². The Labute approximate surface area is 190 Å². The monoisotopic (exact) mass is 460 g/mol. The van der Waals surface area contributed by atoms with Crippen LogP contribution >= 0.6 is 0 Å². The van der Waals surface area contributed by atoms with E-state index in [2.05, 4.69) is 0 Å². The second-order valence-corrected chi connectivity index (χ2v) is 9.32. The van der Waals surface area contributed by atoms with Crippen LogP contribution in [-0.4, -0.2) is 81.8 Å². The summed E-state index contributed by atoms with van der Waals surface area (Å²) in [5, 5.41) is 43.9. The van der Waals surface area contributed by atoms with Gasteiger partial charge in [0.05, 0.1) is 18.3 Å². The molecule has 0 bridgehead atoms. The predicted molar refractivity (Wildman–Crippen MR) is 115 cm³/mol. The minimum atomic E-state index is -2.65. The van der Waals surface area contributed by atoms with Crippen LogP contribution < -0.4 is 5.73 Å². The first kappa shape index (κ1) is 23.4. The first-order valence-electron chi connectivity index (χ1n) is 10.7. The number of aromatic hydroxyl groups is 1. The van der Waals surface area contributed by atoms with E-state index in [1.165, 1.54) is 13.2 Å².